The minimum atomic E-state index is -2.22. The van der Waals surface area contributed by atoms with E-state index in [9.17, 15) is 5.11 Å². The first kappa shape index (κ1) is 48.2. The van der Waals surface area contributed by atoms with Gasteiger partial charge >= 0.3 is 0 Å². The zero-order chi connectivity index (χ0) is 39.8. The maximum atomic E-state index is 10.8. The van der Waals surface area contributed by atoms with Crippen LogP contribution in [0.1, 0.15) is 0 Å². The SMILES string of the molecule is C[Si](C)(C)OCC1OC(OC2OC(CO)C(O[Si](C)(C)C)C(O[Si](C)(C)C)C2O[Si](C)(C)C)C(O[Si](C)(C)C)C(O[Si](C)(C)C)C1O[Si](C)(C)C. The Bertz CT molecular complexity index is 1070. The highest BCUT2D eigenvalue weighted by molar-refractivity contribution is 6.72. The molecule has 1 N–H and O–H groups in total. The maximum Gasteiger partial charge on any atom is 0.188 e. The summed E-state index contributed by atoms with van der Waals surface area (Å²) in [5, 5.41) is 10.8. The fraction of sp³-hybridized carbons (Fsp3) is 1.00. The van der Waals surface area contributed by atoms with E-state index in [1.165, 1.54) is 0 Å². The van der Waals surface area contributed by atoms with E-state index in [0.717, 1.165) is 0 Å². The highest BCUT2D eigenvalue weighted by atomic mass is 28.4. The van der Waals surface area contributed by atoms with Crippen LogP contribution in [-0.2, 0) is 45.2 Å². The van der Waals surface area contributed by atoms with E-state index in [0.29, 0.717) is 6.61 Å². The number of hydrogen-bond acceptors (Lipinski definition) is 11. The van der Waals surface area contributed by atoms with Gasteiger partial charge in [0.1, 0.15) is 48.8 Å². The zero-order valence-electron chi connectivity index (χ0n) is 36.2. The highest BCUT2D eigenvalue weighted by Crippen LogP contribution is 2.39. The summed E-state index contributed by atoms with van der Waals surface area (Å²) in [6, 6.07) is 0. The summed E-state index contributed by atoms with van der Waals surface area (Å²) in [7, 11) is -14.9. The Morgan fingerprint density at radius 1 is 0.373 bits per heavy atom. The third kappa shape index (κ3) is 17.8. The molecule has 51 heavy (non-hydrogen) atoms. The molecule has 304 valence electrons. The van der Waals surface area contributed by atoms with E-state index in [2.05, 4.69) is 137 Å². The van der Waals surface area contributed by atoms with Crippen LogP contribution in [0.4, 0.5) is 0 Å². The normalized spacial score (nSPS) is 32.4. The van der Waals surface area contributed by atoms with Crippen molar-refractivity contribution in [3.8, 4) is 0 Å². The first-order valence-corrected chi connectivity index (χ1v) is 42.7. The van der Waals surface area contributed by atoms with Gasteiger partial charge in [-0.25, -0.2) is 0 Å². The topological polar surface area (TPSA) is 113 Å². The zero-order valence-corrected chi connectivity index (χ0v) is 43.2. The standard InChI is InChI=1S/C33H78O11Si7/c1-45(2,3)35-23-25-27(40-47(7,8)9)29(42-49(13,14)15)31(44-51(19,20)21)33(37-25)38-32-30(43-50(16,17)18)28(41-48(10,11)12)26(24(22-34)36-32)39-46(4,5)6/h24-34H,22-23H2,1-21H3. The second-order valence-corrected chi connectivity index (χ2v) is 52.3. The first-order chi connectivity index (χ1) is 22.6. The second kappa shape index (κ2) is 17.7. The lowest BCUT2D eigenvalue weighted by Gasteiger charge is -2.53. The second-order valence-electron chi connectivity index (χ2n) is 21.0. The Morgan fingerprint density at radius 3 is 0.941 bits per heavy atom. The molecule has 0 spiro atoms. The number of ether oxygens (including phenoxy) is 3. The molecule has 18 heteroatoms. The van der Waals surface area contributed by atoms with E-state index < -0.39 is 120 Å². The predicted molar refractivity (Wildman–Crippen MR) is 224 cm³/mol. The van der Waals surface area contributed by atoms with Crippen molar-refractivity contribution < 1.29 is 50.3 Å². The molecule has 0 aliphatic carbocycles. The smallest absolute Gasteiger partial charge is 0.188 e. The van der Waals surface area contributed by atoms with Crippen molar-refractivity contribution in [1.29, 1.82) is 0 Å². The molecule has 0 saturated carbocycles. The van der Waals surface area contributed by atoms with Gasteiger partial charge in [-0.2, -0.15) is 0 Å². The number of hydrogen-bond donors (Lipinski definition) is 1. The number of aliphatic hydroxyl groups excluding tert-OH is 1. The lowest BCUT2D eigenvalue weighted by atomic mass is 9.98. The van der Waals surface area contributed by atoms with E-state index >= 15 is 0 Å². The molecule has 2 aliphatic rings. The Labute approximate surface area is 319 Å². The van der Waals surface area contributed by atoms with Crippen molar-refractivity contribution in [2.75, 3.05) is 13.2 Å². The number of rotatable bonds is 18. The first-order valence-electron chi connectivity index (χ1n) is 18.8. The molecule has 0 aromatic carbocycles. The van der Waals surface area contributed by atoms with Crippen LogP contribution in [0.3, 0.4) is 0 Å². The fourth-order valence-electron chi connectivity index (χ4n) is 5.97. The molecule has 0 radical (unpaired) electrons. The molecular formula is C33H78O11Si7. The molecule has 2 saturated heterocycles. The van der Waals surface area contributed by atoms with Crippen LogP contribution in [-0.4, -0.2) is 138 Å². The minimum Gasteiger partial charge on any atom is -0.415 e. The van der Waals surface area contributed by atoms with Gasteiger partial charge < -0.3 is 50.3 Å². The molecule has 2 rings (SSSR count). The van der Waals surface area contributed by atoms with Crippen LogP contribution in [0.2, 0.25) is 137 Å². The van der Waals surface area contributed by atoms with Crippen LogP contribution < -0.4 is 0 Å². The molecule has 11 nitrogen and oxygen atoms in total. The van der Waals surface area contributed by atoms with Crippen LogP contribution in [0, 0.1) is 0 Å². The summed E-state index contributed by atoms with van der Waals surface area (Å²) >= 11 is 0. The maximum absolute atomic E-state index is 10.8. The average molecular weight is 848 g/mol. The summed E-state index contributed by atoms with van der Waals surface area (Å²) in [4.78, 5) is 0. The van der Waals surface area contributed by atoms with Gasteiger partial charge in [0.2, 0.25) is 0 Å². The third-order valence-corrected chi connectivity index (χ3v) is 14.2. The van der Waals surface area contributed by atoms with Gasteiger partial charge in [-0.3, -0.25) is 0 Å². The number of aliphatic hydroxyl groups is 1. The van der Waals surface area contributed by atoms with E-state index in [1.54, 1.807) is 0 Å². The van der Waals surface area contributed by atoms with Gasteiger partial charge in [0, 0.05) is 0 Å². The quantitative estimate of drug-likeness (QED) is 0.138. The molecule has 2 heterocycles. The molecule has 0 bridgehead atoms. The molecule has 0 amide bonds. The molecule has 2 fully saturated rings. The van der Waals surface area contributed by atoms with Gasteiger partial charge in [0.05, 0.1) is 13.2 Å². The van der Waals surface area contributed by atoms with Gasteiger partial charge in [-0.1, -0.05) is 0 Å². The van der Waals surface area contributed by atoms with Gasteiger partial charge in [0.15, 0.2) is 70.8 Å². The lowest BCUT2D eigenvalue weighted by molar-refractivity contribution is -0.368. The van der Waals surface area contributed by atoms with E-state index in [1.807, 2.05) is 0 Å². The lowest BCUT2D eigenvalue weighted by Crippen LogP contribution is -2.69. The minimum absolute atomic E-state index is 0.263. The van der Waals surface area contributed by atoms with Crippen molar-refractivity contribution in [2.24, 2.45) is 0 Å². The van der Waals surface area contributed by atoms with Crippen LogP contribution in [0.15, 0.2) is 0 Å². The van der Waals surface area contributed by atoms with E-state index in [-0.39, 0.29) is 6.61 Å². The summed E-state index contributed by atoms with van der Waals surface area (Å²) in [6.07, 6.45) is -6.28. The monoisotopic (exact) mass is 846 g/mol. The third-order valence-electron chi connectivity index (χ3n) is 7.25. The summed E-state index contributed by atoms with van der Waals surface area (Å²) in [5.74, 6) is 0. The van der Waals surface area contributed by atoms with Crippen molar-refractivity contribution in [2.45, 2.75) is 199 Å². The molecule has 2 aliphatic heterocycles. The molecule has 10 unspecified atom stereocenters. The average Bonchev–Trinajstić information content (AvgIpc) is 2.84. The Morgan fingerprint density at radius 2 is 0.647 bits per heavy atom. The summed E-state index contributed by atoms with van der Waals surface area (Å²) < 4.78 is 69.1. The molecule has 0 aromatic heterocycles. The molecule has 0 aromatic rings. The van der Waals surface area contributed by atoms with Crippen molar-refractivity contribution in [3.05, 3.63) is 0 Å². The molecular weight excluding hydrogens is 769 g/mol. The highest BCUT2D eigenvalue weighted by Gasteiger charge is 2.57. The van der Waals surface area contributed by atoms with Crippen molar-refractivity contribution in [1.82, 2.24) is 0 Å². The van der Waals surface area contributed by atoms with Gasteiger partial charge in [-0.15, -0.1) is 0 Å². The summed E-state index contributed by atoms with van der Waals surface area (Å²) in [5.41, 5.74) is 0. The van der Waals surface area contributed by atoms with Crippen molar-refractivity contribution in [3.63, 3.8) is 0 Å². The Hall–Kier alpha value is 1.08. The predicted octanol–water partition coefficient (Wildman–Crippen LogP) is 7.62. The van der Waals surface area contributed by atoms with Gasteiger partial charge in [0.25, 0.3) is 0 Å². The van der Waals surface area contributed by atoms with E-state index in [4.69, 9.17) is 45.2 Å². The summed E-state index contributed by atoms with van der Waals surface area (Å²) in [6.45, 7) is 45.5. The molecule has 10 atom stereocenters. The fourth-order valence-corrected chi connectivity index (χ4v) is 13.1. The van der Waals surface area contributed by atoms with Crippen LogP contribution in [0.5, 0.6) is 0 Å². The van der Waals surface area contributed by atoms with Crippen molar-refractivity contribution >= 4 is 58.2 Å². The van der Waals surface area contributed by atoms with Crippen LogP contribution >= 0.6 is 0 Å². The largest absolute Gasteiger partial charge is 0.415 e. The van der Waals surface area contributed by atoms with Gasteiger partial charge in [-0.05, 0) is 137 Å². The van der Waals surface area contributed by atoms with Crippen LogP contribution in [0.25, 0.3) is 0 Å². The Balaban J connectivity index is 2.80. The Kier molecular flexibility index (Phi) is 16.7.